The molecular weight excluding hydrogens is 484 g/mol. The molecule has 1 aliphatic carbocycles. The van der Waals surface area contributed by atoms with Gasteiger partial charge in [-0.25, -0.2) is 9.59 Å². The number of nitrogens with one attached hydrogen (secondary N) is 1. The van der Waals surface area contributed by atoms with Gasteiger partial charge in [-0.15, -0.1) is 0 Å². The molecule has 0 saturated carbocycles. The first kappa shape index (κ1) is 21.3. The van der Waals surface area contributed by atoms with Crippen LogP contribution in [0, 0.1) is 0 Å². The number of aliphatic carboxylic acids is 1. The molecule has 0 unspecified atom stereocenters. The fourth-order valence-electron chi connectivity index (χ4n) is 4.48. The van der Waals surface area contributed by atoms with Gasteiger partial charge in [-0.1, -0.05) is 60.7 Å². The highest BCUT2D eigenvalue weighted by Crippen LogP contribution is 2.44. The Morgan fingerprint density at radius 3 is 2.27 bits per heavy atom. The summed E-state index contributed by atoms with van der Waals surface area (Å²) in [5.41, 5.74) is 6.82. The second-order valence-electron chi connectivity index (χ2n) is 7.98. The summed E-state index contributed by atoms with van der Waals surface area (Å²) in [6, 6.07) is 20.6. The summed E-state index contributed by atoms with van der Waals surface area (Å²) in [7, 11) is 0. The molecule has 33 heavy (non-hydrogen) atoms. The van der Waals surface area contributed by atoms with Crippen LogP contribution in [0.15, 0.2) is 77.4 Å². The van der Waals surface area contributed by atoms with Gasteiger partial charge in [-0.05, 0) is 49.8 Å². The van der Waals surface area contributed by atoms with Crippen molar-refractivity contribution in [2.45, 2.75) is 18.4 Å². The van der Waals surface area contributed by atoms with E-state index in [0.717, 1.165) is 43.6 Å². The van der Waals surface area contributed by atoms with E-state index in [4.69, 9.17) is 4.74 Å². The minimum Gasteiger partial charge on any atom is -0.480 e. The Morgan fingerprint density at radius 2 is 1.61 bits per heavy atom. The number of ether oxygens (including phenoxy) is 1. The summed E-state index contributed by atoms with van der Waals surface area (Å²) in [4.78, 5) is 24.4. The van der Waals surface area contributed by atoms with Crippen LogP contribution in [0.3, 0.4) is 0 Å². The third-order valence-corrected chi connectivity index (χ3v) is 6.68. The van der Waals surface area contributed by atoms with Crippen LogP contribution < -0.4 is 10.6 Å². The van der Waals surface area contributed by atoms with E-state index in [2.05, 4.69) is 38.7 Å². The number of hydrogen-bond donors (Lipinski definition) is 2. The Kier molecular flexibility index (Phi) is 5.64. The zero-order valence-corrected chi connectivity index (χ0v) is 19.1. The van der Waals surface area contributed by atoms with E-state index in [9.17, 15) is 14.7 Å². The zero-order valence-electron chi connectivity index (χ0n) is 17.5. The molecule has 2 aliphatic rings. The van der Waals surface area contributed by atoms with Crippen molar-refractivity contribution in [2.75, 3.05) is 6.61 Å². The van der Waals surface area contributed by atoms with Gasteiger partial charge in [0.05, 0.1) is 5.69 Å². The summed E-state index contributed by atoms with van der Waals surface area (Å²) < 4.78 is 6.35. The number of carboxylic acid groups (broad SMARTS) is 1. The second-order valence-corrected chi connectivity index (χ2v) is 8.84. The molecule has 0 fully saturated rings. The molecule has 1 radical (unpaired) electrons. The van der Waals surface area contributed by atoms with E-state index in [-0.39, 0.29) is 18.9 Å². The van der Waals surface area contributed by atoms with Gasteiger partial charge in [0.15, 0.2) is 0 Å². The van der Waals surface area contributed by atoms with E-state index in [1.807, 2.05) is 54.6 Å². The molecule has 1 amide bonds. The first-order valence-corrected chi connectivity index (χ1v) is 11.4. The minimum absolute atomic E-state index is 0.0907. The second kappa shape index (κ2) is 8.75. The van der Waals surface area contributed by atoms with E-state index in [1.165, 1.54) is 0 Å². The number of para-hydroxylation sites is 1. The van der Waals surface area contributed by atoms with Crippen LogP contribution in [0.2, 0.25) is 0 Å². The van der Waals surface area contributed by atoms with Crippen molar-refractivity contribution in [3.8, 4) is 11.1 Å². The smallest absolute Gasteiger partial charge is 0.407 e. The predicted octanol–water partition coefficient (Wildman–Crippen LogP) is 5.42. The number of nitrogens with zero attached hydrogens (tertiary/aromatic N) is 1. The van der Waals surface area contributed by atoms with Gasteiger partial charge < -0.3 is 15.2 Å². The first-order chi connectivity index (χ1) is 16.0. The molecule has 2 N–H and O–H groups in total. The van der Waals surface area contributed by atoms with E-state index in [1.54, 1.807) is 6.20 Å². The highest BCUT2D eigenvalue weighted by Gasteiger charge is 2.30. The van der Waals surface area contributed by atoms with Gasteiger partial charge in [0.25, 0.3) is 0 Å². The van der Waals surface area contributed by atoms with Crippen molar-refractivity contribution in [1.29, 1.82) is 0 Å². The molecule has 6 nitrogen and oxygen atoms in total. The number of hydrogen-bond acceptors (Lipinski definition) is 3. The number of benzene rings is 3. The van der Waals surface area contributed by atoms with Crippen molar-refractivity contribution >= 4 is 39.3 Å². The molecule has 0 bridgehead atoms. The number of alkyl carbamates (subject to hydrolysis) is 1. The van der Waals surface area contributed by atoms with Crippen LogP contribution in [-0.4, -0.2) is 29.8 Å². The lowest BCUT2D eigenvalue weighted by atomic mass is 9.98. The Hall–Kier alpha value is -3.58. The molecule has 1 heterocycles. The number of rotatable bonds is 6. The molecule has 0 spiro atoms. The molecule has 3 aromatic rings. The molecule has 0 aromatic heterocycles. The largest absolute Gasteiger partial charge is 0.480 e. The van der Waals surface area contributed by atoms with E-state index >= 15 is 0 Å². The maximum Gasteiger partial charge on any atom is 0.407 e. The monoisotopic (exact) mass is 503 g/mol. The van der Waals surface area contributed by atoms with Crippen molar-refractivity contribution < 1.29 is 19.4 Å². The van der Waals surface area contributed by atoms with Crippen LogP contribution in [-0.2, 0) is 9.53 Å². The Morgan fingerprint density at radius 1 is 0.970 bits per heavy atom. The average molecular weight is 504 g/mol. The normalized spacial score (nSPS) is 14.4. The van der Waals surface area contributed by atoms with Crippen LogP contribution >= 0.6 is 15.9 Å². The average Bonchev–Trinajstić information content (AvgIpc) is 3.37. The lowest BCUT2D eigenvalue weighted by molar-refractivity contribution is -0.139. The van der Waals surface area contributed by atoms with Crippen LogP contribution in [0.1, 0.15) is 29.0 Å². The lowest BCUT2D eigenvalue weighted by Crippen LogP contribution is -2.41. The van der Waals surface area contributed by atoms with Crippen LogP contribution in [0.5, 0.6) is 0 Å². The van der Waals surface area contributed by atoms with E-state index in [0.29, 0.717) is 0 Å². The fraction of sp³-hybridized carbons (Fsp3) is 0.154. The molecule has 7 heteroatoms. The Balaban J connectivity index is 1.26. The standard InChI is InChI=1S/C26H20BrN2O4/c27-22-11-5-10-16-15(13-28-24(16)22)12-23(25(30)31)29-26(32)33-14-21-19-8-3-1-6-17(19)18-7-2-4-9-20(18)21/h1-11,13,21,23H,12,14H2,(H,29,32)(H,30,31)/t23-/m1/s1. The number of halogens is 1. The summed E-state index contributed by atoms with van der Waals surface area (Å²) in [5, 5.41) is 16.6. The molecule has 3 aromatic carbocycles. The minimum atomic E-state index is -1.13. The van der Waals surface area contributed by atoms with Crippen molar-refractivity contribution in [3.63, 3.8) is 0 Å². The lowest BCUT2D eigenvalue weighted by Gasteiger charge is -2.18. The third-order valence-electron chi connectivity index (χ3n) is 6.04. The summed E-state index contributed by atoms with van der Waals surface area (Å²) in [6.45, 7) is 0.125. The van der Waals surface area contributed by atoms with Gasteiger partial charge in [-0.2, -0.15) is 0 Å². The van der Waals surface area contributed by atoms with Gasteiger partial charge in [-0.3, -0.25) is 5.32 Å². The molecular formula is C26H20BrN2O4. The highest BCUT2D eigenvalue weighted by atomic mass is 79.9. The van der Waals surface area contributed by atoms with Crippen molar-refractivity contribution in [2.24, 2.45) is 0 Å². The maximum atomic E-state index is 12.6. The molecule has 1 atom stereocenters. The van der Waals surface area contributed by atoms with E-state index < -0.39 is 18.1 Å². The predicted molar refractivity (Wildman–Crippen MR) is 128 cm³/mol. The van der Waals surface area contributed by atoms with Crippen molar-refractivity contribution in [1.82, 2.24) is 10.6 Å². The fourth-order valence-corrected chi connectivity index (χ4v) is 4.95. The summed E-state index contributed by atoms with van der Waals surface area (Å²) >= 11 is 3.45. The summed E-state index contributed by atoms with van der Waals surface area (Å²) in [6.07, 6.45) is 0.992. The number of amides is 1. The zero-order chi connectivity index (χ0) is 22.9. The highest BCUT2D eigenvalue weighted by molar-refractivity contribution is 9.10. The van der Waals surface area contributed by atoms with Crippen LogP contribution in [0.4, 0.5) is 10.5 Å². The van der Waals surface area contributed by atoms with Gasteiger partial charge in [0.1, 0.15) is 12.6 Å². The molecule has 5 rings (SSSR count). The molecule has 1 aliphatic heterocycles. The topological polar surface area (TPSA) is 89.7 Å². The Labute approximate surface area is 199 Å². The van der Waals surface area contributed by atoms with Gasteiger partial charge in [0, 0.05) is 28.6 Å². The SMILES string of the molecule is O=C(N[C@H](CC1=C[N]c2c(Br)cccc21)C(=O)O)OCC1c2ccccc2-c2ccccc21. The number of carboxylic acids is 1. The quantitative estimate of drug-likeness (QED) is 0.469. The van der Waals surface area contributed by atoms with Gasteiger partial charge in [0.2, 0.25) is 0 Å². The number of fused-ring (bicyclic) bond motifs is 4. The third kappa shape index (κ3) is 4.00. The van der Waals surface area contributed by atoms with Crippen molar-refractivity contribution in [3.05, 3.63) is 94.1 Å². The van der Waals surface area contributed by atoms with Gasteiger partial charge >= 0.3 is 12.1 Å². The molecule has 165 valence electrons. The molecule has 0 saturated heterocycles. The van der Waals surface area contributed by atoms with Crippen LogP contribution in [0.25, 0.3) is 16.7 Å². The number of carbonyl (C=O) groups is 2. The summed E-state index contributed by atoms with van der Waals surface area (Å²) in [5.74, 6) is -1.22. The number of carbonyl (C=O) groups excluding carboxylic acids is 1. The Bertz CT molecular complexity index is 1240. The first-order valence-electron chi connectivity index (χ1n) is 10.6. The maximum absolute atomic E-state index is 12.6.